The van der Waals surface area contributed by atoms with Crippen molar-refractivity contribution in [2.75, 3.05) is 6.61 Å². The highest BCUT2D eigenvalue weighted by Crippen LogP contribution is 2.40. The van der Waals surface area contributed by atoms with Crippen LogP contribution in [0.3, 0.4) is 0 Å². The third-order valence-electron chi connectivity index (χ3n) is 10.4. The summed E-state index contributed by atoms with van der Waals surface area (Å²) in [5, 5.41) is 14.6. The van der Waals surface area contributed by atoms with Gasteiger partial charge in [-0.25, -0.2) is 14.2 Å². The first-order valence-corrected chi connectivity index (χ1v) is 19.6. The number of halogens is 4. The Hall–Kier alpha value is -4.57. The molecule has 296 valence electrons. The fourth-order valence-electron chi connectivity index (χ4n) is 6.78. The van der Waals surface area contributed by atoms with E-state index in [0.717, 1.165) is 6.07 Å². The van der Waals surface area contributed by atoms with Crippen LogP contribution in [0.5, 0.6) is 0 Å². The van der Waals surface area contributed by atoms with Crippen LogP contribution in [0.4, 0.5) is 17.6 Å². The molecule has 1 aliphatic carbocycles. The molecular formula is C39H46F4N6O4S2. The van der Waals surface area contributed by atoms with Crippen LogP contribution >= 0.6 is 23.6 Å². The maximum atomic E-state index is 14.8. The Morgan fingerprint density at radius 3 is 2.44 bits per heavy atom. The summed E-state index contributed by atoms with van der Waals surface area (Å²) in [4.78, 5) is 49.2. The van der Waals surface area contributed by atoms with Gasteiger partial charge in [0.1, 0.15) is 22.4 Å². The fourth-order valence-corrected chi connectivity index (χ4v) is 7.95. The van der Waals surface area contributed by atoms with Crippen LogP contribution in [0.2, 0.25) is 0 Å². The van der Waals surface area contributed by atoms with Gasteiger partial charge < -0.3 is 31.0 Å². The molecule has 4 aromatic rings. The number of aromatic nitrogens is 2. The molecule has 1 unspecified atom stereocenters. The van der Waals surface area contributed by atoms with Crippen molar-refractivity contribution in [1.29, 1.82) is 0 Å². The number of thiocarbonyl (C=S) groups is 1. The van der Waals surface area contributed by atoms with Gasteiger partial charge in [-0.1, -0.05) is 70.9 Å². The van der Waals surface area contributed by atoms with E-state index in [-0.39, 0.29) is 60.6 Å². The smallest absolute Gasteiger partial charge is 0.418 e. The number of benzene rings is 2. The quantitative estimate of drug-likeness (QED) is 0.0510. The number of ether oxygens (including phenoxy) is 1. The summed E-state index contributed by atoms with van der Waals surface area (Å²) in [6, 6.07) is 8.53. The average Bonchev–Trinajstić information content (AvgIpc) is 3.80. The van der Waals surface area contributed by atoms with Gasteiger partial charge in [-0.15, -0.1) is 11.3 Å². The molecule has 0 aliphatic heterocycles. The average molecular weight is 803 g/mol. The van der Waals surface area contributed by atoms with Crippen LogP contribution in [0.1, 0.15) is 97.8 Å². The lowest BCUT2D eigenvalue weighted by Gasteiger charge is -2.40. The molecule has 2 aromatic carbocycles. The second kappa shape index (κ2) is 17.5. The number of hydrogen-bond donors (Lipinski definition) is 5. The number of esters is 1. The van der Waals surface area contributed by atoms with Crippen molar-refractivity contribution in [2.24, 2.45) is 11.8 Å². The Labute approximate surface area is 326 Å². The van der Waals surface area contributed by atoms with Gasteiger partial charge in [-0.05, 0) is 61.5 Å². The van der Waals surface area contributed by atoms with E-state index in [1.165, 1.54) is 23.5 Å². The molecule has 5 rings (SSSR count). The van der Waals surface area contributed by atoms with Gasteiger partial charge in [-0.3, -0.25) is 9.59 Å². The molecule has 10 nitrogen and oxygen atoms in total. The molecule has 55 heavy (non-hydrogen) atoms. The monoisotopic (exact) mass is 802 g/mol. The molecule has 2 heterocycles. The molecule has 0 spiro atoms. The van der Waals surface area contributed by atoms with Gasteiger partial charge in [0.25, 0.3) is 0 Å². The van der Waals surface area contributed by atoms with E-state index in [2.05, 4.69) is 31.2 Å². The van der Waals surface area contributed by atoms with E-state index in [4.69, 9.17) is 17.0 Å². The molecule has 0 fully saturated rings. The Morgan fingerprint density at radius 1 is 1.04 bits per heavy atom. The molecule has 0 saturated heterocycles. The van der Waals surface area contributed by atoms with Crippen LogP contribution in [0.15, 0.2) is 47.8 Å². The van der Waals surface area contributed by atoms with E-state index in [1.54, 1.807) is 36.6 Å². The van der Waals surface area contributed by atoms with Gasteiger partial charge in [0.15, 0.2) is 10.8 Å². The van der Waals surface area contributed by atoms with Gasteiger partial charge in [0, 0.05) is 35.0 Å². The number of para-hydroxylation sites is 1. The standard InChI is InChI=1S/C39H46F4N6O4S2/c1-6-21(4)30(48-37(54)44-19-23-12-9-10-15-27(23)40)33(50)49-38(17-16-28-25(18-38)24-13-11-14-26(32(24)45-28)39(41,42)43)36(52)47-31(22(5)7-2)34-46-29(20-55-34)35(51)53-8-3/h9-15,20-22,30-31,45H,6-8,16-19H2,1-5H3,(H,47,52)(H,49,50)(H2,44,48,54)/t21-,22-,30-,31-,38?/m0/s1. The first kappa shape index (κ1) is 41.6. The van der Waals surface area contributed by atoms with E-state index < -0.39 is 53.0 Å². The number of hydrogen-bond acceptors (Lipinski definition) is 7. The van der Waals surface area contributed by atoms with Crippen LogP contribution in [-0.2, 0) is 39.9 Å². The molecule has 0 bridgehead atoms. The maximum absolute atomic E-state index is 14.8. The first-order chi connectivity index (χ1) is 26.1. The summed E-state index contributed by atoms with van der Waals surface area (Å²) in [6.45, 7) is 9.54. The van der Waals surface area contributed by atoms with Crippen LogP contribution in [0.25, 0.3) is 10.9 Å². The summed E-state index contributed by atoms with van der Waals surface area (Å²) in [6.07, 6.45) is -3.32. The van der Waals surface area contributed by atoms with Crippen molar-refractivity contribution < 1.29 is 36.7 Å². The lowest BCUT2D eigenvalue weighted by Crippen LogP contribution is -2.65. The fraction of sp³-hybridized carbons (Fsp3) is 0.462. The van der Waals surface area contributed by atoms with Crippen molar-refractivity contribution in [2.45, 2.75) is 97.1 Å². The molecular weight excluding hydrogens is 757 g/mol. The normalized spacial score (nSPS) is 17.7. The number of alkyl halides is 3. The third-order valence-corrected chi connectivity index (χ3v) is 11.6. The number of nitrogens with zero attached hydrogens (tertiary/aromatic N) is 1. The summed E-state index contributed by atoms with van der Waals surface area (Å²) >= 11 is 6.72. The Kier molecular flexibility index (Phi) is 13.2. The maximum Gasteiger partial charge on any atom is 0.418 e. The topological polar surface area (TPSA) is 137 Å². The zero-order valence-corrected chi connectivity index (χ0v) is 32.9. The summed E-state index contributed by atoms with van der Waals surface area (Å²) in [5.41, 5.74) is -0.989. The van der Waals surface area contributed by atoms with Crippen LogP contribution in [0, 0.1) is 17.7 Å². The number of H-pyrrole nitrogens is 1. The summed E-state index contributed by atoms with van der Waals surface area (Å²) < 4.78 is 61.7. The number of amides is 2. The van der Waals surface area contributed by atoms with E-state index in [1.807, 2.05) is 27.7 Å². The Balaban J connectivity index is 1.50. The number of rotatable bonds is 14. The highest BCUT2D eigenvalue weighted by atomic mass is 32.1. The van der Waals surface area contributed by atoms with Gasteiger partial charge in [-0.2, -0.15) is 13.2 Å². The van der Waals surface area contributed by atoms with Crippen molar-refractivity contribution in [3.05, 3.63) is 86.7 Å². The Bertz CT molecular complexity index is 2030. The van der Waals surface area contributed by atoms with E-state index >= 15 is 0 Å². The highest BCUT2D eigenvalue weighted by molar-refractivity contribution is 7.80. The van der Waals surface area contributed by atoms with Gasteiger partial charge in [0.05, 0.1) is 23.7 Å². The van der Waals surface area contributed by atoms with E-state index in [9.17, 15) is 31.9 Å². The molecule has 1 aliphatic rings. The lowest BCUT2D eigenvalue weighted by molar-refractivity contribution is -0.136. The molecule has 2 amide bonds. The lowest BCUT2D eigenvalue weighted by atomic mass is 9.78. The number of aryl methyl sites for hydroxylation is 1. The largest absolute Gasteiger partial charge is 0.461 e. The van der Waals surface area contributed by atoms with Crippen molar-refractivity contribution in [3.63, 3.8) is 0 Å². The number of nitrogens with one attached hydrogen (secondary N) is 5. The first-order valence-electron chi connectivity index (χ1n) is 18.3. The second-order valence-corrected chi connectivity index (χ2v) is 15.3. The zero-order chi connectivity index (χ0) is 40.1. The number of carbonyl (C=O) groups excluding carboxylic acids is 3. The van der Waals surface area contributed by atoms with Crippen molar-refractivity contribution in [1.82, 2.24) is 31.2 Å². The minimum atomic E-state index is -4.62. The number of fused-ring (bicyclic) bond motifs is 3. The molecule has 0 radical (unpaired) electrons. The second-order valence-electron chi connectivity index (χ2n) is 14.0. The minimum absolute atomic E-state index is 0.0636. The minimum Gasteiger partial charge on any atom is -0.461 e. The molecule has 5 N–H and O–H groups in total. The SMILES string of the molecule is CCOC(=O)c1csc([C@@H](NC(=O)C2(NC(=O)[C@@H](NC(=S)NCc3ccccc3F)[C@@H](C)CC)CCc3[nH]c4c(C(F)(F)F)cccc4c3C2)[C@@H](C)CC)n1. The van der Waals surface area contributed by atoms with Crippen LogP contribution < -0.4 is 21.3 Å². The number of aromatic amines is 1. The van der Waals surface area contributed by atoms with Crippen molar-refractivity contribution >= 4 is 57.4 Å². The predicted octanol–water partition coefficient (Wildman–Crippen LogP) is 7.29. The van der Waals surface area contributed by atoms with Gasteiger partial charge in [0.2, 0.25) is 11.8 Å². The van der Waals surface area contributed by atoms with Crippen molar-refractivity contribution in [3.8, 4) is 0 Å². The summed E-state index contributed by atoms with van der Waals surface area (Å²) in [5.74, 6) is -2.55. The molecule has 2 aromatic heterocycles. The third kappa shape index (κ3) is 9.29. The number of thiazole rings is 1. The molecule has 0 saturated carbocycles. The van der Waals surface area contributed by atoms with Gasteiger partial charge >= 0.3 is 12.1 Å². The predicted molar refractivity (Wildman–Crippen MR) is 207 cm³/mol. The Morgan fingerprint density at radius 2 is 1.76 bits per heavy atom. The molecule has 16 heteroatoms. The zero-order valence-electron chi connectivity index (χ0n) is 31.3. The number of carbonyl (C=O) groups is 3. The highest BCUT2D eigenvalue weighted by Gasteiger charge is 2.47. The van der Waals surface area contributed by atoms with Crippen LogP contribution in [-0.4, -0.2) is 51.1 Å². The van der Waals surface area contributed by atoms with E-state index in [0.29, 0.717) is 40.1 Å². The molecule has 5 atom stereocenters. The summed E-state index contributed by atoms with van der Waals surface area (Å²) in [7, 11) is 0.